The van der Waals surface area contributed by atoms with Gasteiger partial charge in [-0.15, -0.1) is 0 Å². The molecule has 4 fully saturated rings. The highest BCUT2D eigenvalue weighted by Crippen LogP contribution is 2.75. The highest BCUT2D eigenvalue weighted by Gasteiger charge is 2.70. The van der Waals surface area contributed by atoms with E-state index in [1.54, 1.807) is 0 Å². The van der Waals surface area contributed by atoms with Crippen molar-refractivity contribution in [3.63, 3.8) is 0 Å². The van der Waals surface area contributed by atoms with Gasteiger partial charge in [0.15, 0.2) is 5.78 Å². The van der Waals surface area contributed by atoms with E-state index >= 15 is 0 Å². The van der Waals surface area contributed by atoms with Crippen molar-refractivity contribution in [1.82, 2.24) is 0 Å². The van der Waals surface area contributed by atoms with Crippen molar-refractivity contribution in [3.8, 4) is 0 Å². The molecular weight excluding hydrogens is 504 g/mol. The number of fused-ring (bicyclic) bond motifs is 7. The topological polar surface area (TPSA) is 101 Å². The molecule has 5 rings (SSSR count). The lowest BCUT2D eigenvalue weighted by molar-refractivity contribution is -0.209. The summed E-state index contributed by atoms with van der Waals surface area (Å²) in [6, 6.07) is 0. The van der Waals surface area contributed by atoms with Gasteiger partial charge in [0.25, 0.3) is 0 Å². The quantitative estimate of drug-likeness (QED) is 0.214. The average Bonchev–Trinajstić information content (AvgIpc) is 2.82. The standard InChI is InChI=1S/C34H50O6/c1-20(35)17-26(37)40-25-10-11-32(6)24(29(25,2)3)9-12-34(8)27(32)23(36)18-21-22-19-31(5,28(38)39)14-13-30(22,4)15-16-33(21,34)7/h17-18,22,24-25,27,35H,9-16,19H2,1-8H3,(H,38,39)/b20-17-/t22-,24?,25-,27?,30+,31-,32-,33?,34+/m0/s1. The third kappa shape index (κ3) is 3.90. The molecule has 5 aliphatic carbocycles. The Morgan fingerprint density at radius 2 is 1.57 bits per heavy atom. The second kappa shape index (κ2) is 8.94. The summed E-state index contributed by atoms with van der Waals surface area (Å²) in [6.45, 7) is 17.1. The lowest BCUT2D eigenvalue weighted by Crippen LogP contribution is -2.66. The van der Waals surface area contributed by atoms with E-state index in [1.807, 2.05) is 13.0 Å². The fourth-order valence-corrected chi connectivity index (χ4v) is 10.9. The Morgan fingerprint density at radius 3 is 2.20 bits per heavy atom. The molecule has 222 valence electrons. The van der Waals surface area contributed by atoms with Crippen LogP contribution in [-0.2, 0) is 19.1 Å². The second-order valence-corrected chi connectivity index (χ2v) is 16.1. The Balaban J connectivity index is 1.53. The van der Waals surface area contributed by atoms with Crippen molar-refractivity contribution in [3.05, 3.63) is 23.5 Å². The molecule has 0 aliphatic heterocycles. The van der Waals surface area contributed by atoms with Gasteiger partial charge in [0.1, 0.15) is 6.10 Å². The first-order valence-electron chi connectivity index (χ1n) is 15.4. The molecule has 2 N–H and O–H groups in total. The Morgan fingerprint density at radius 1 is 0.925 bits per heavy atom. The molecule has 0 amide bonds. The zero-order valence-electron chi connectivity index (χ0n) is 25.9. The van der Waals surface area contributed by atoms with Crippen LogP contribution in [0.1, 0.15) is 113 Å². The number of carbonyl (C=O) groups excluding carboxylic acids is 2. The number of aliphatic hydroxyl groups is 1. The SMILES string of the molecule is C/C(O)=C/C(=O)O[C@H]1CC[C@@]2(C)C(CC[C@]3(C)C2C(=O)C=C2[C@@H]4C[C@@](C)(C(=O)O)CC[C@]4(C)CCC23C)C1(C)C. The summed E-state index contributed by atoms with van der Waals surface area (Å²) in [5, 5.41) is 19.7. The third-order valence-electron chi connectivity index (χ3n) is 13.6. The Bertz CT molecular complexity index is 1190. The van der Waals surface area contributed by atoms with Gasteiger partial charge in [-0.05, 0) is 111 Å². The van der Waals surface area contributed by atoms with Crippen LogP contribution >= 0.6 is 0 Å². The van der Waals surface area contributed by atoms with Gasteiger partial charge in [-0.1, -0.05) is 47.1 Å². The molecule has 5 aliphatic rings. The number of ketones is 1. The van der Waals surface area contributed by atoms with E-state index in [1.165, 1.54) is 12.5 Å². The van der Waals surface area contributed by atoms with Gasteiger partial charge in [-0.3, -0.25) is 9.59 Å². The normalized spacial score (nSPS) is 48.0. The van der Waals surface area contributed by atoms with Gasteiger partial charge in [-0.25, -0.2) is 4.79 Å². The molecule has 6 heteroatoms. The number of carboxylic acids is 1. The molecule has 0 saturated heterocycles. The number of esters is 1. The van der Waals surface area contributed by atoms with Crippen molar-refractivity contribution in [2.75, 3.05) is 0 Å². The number of carboxylic acid groups (broad SMARTS) is 1. The second-order valence-electron chi connectivity index (χ2n) is 16.1. The number of hydrogen-bond acceptors (Lipinski definition) is 5. The first-order chi connectivity index (χ1) is 18.3. The Hall–Kier alpha value is -2.11. The number of aliphatic hydroxyl groups excluding tert-OH is 1. The minimum atomic E-state index is -0.753. The zero-order valence-corrected chi connectivity index (χ0v) is 25.9. The molecule has 40 heavy (non-hydrogen) atoms. The summed E-state index contributed by atoms with van der Waals surface area (Å²) < 4.78 is 5.89. The van der Waals surface area contributed by atoms with Crippen molar-refractivity contribution < 1.29 is 29.3 Å². The van der Waals surface area contributed by atoms with Gasteiger partial charge in [0.05, 0.1) is 17.3 Å². The lowest BCUT2D eigenvalue weighted by atomic mass is 9.33. The van der Waals surface area contributed by atoms with Crippen molar-refractivity contribution >= 4 is 17.7 Å². The van der Waals surface area contributed by atoms with Crippen LogP contribution in [0.3, 0.4) is 0 Å². The van der Waals surface area contributed by atoms with Crippen molar-refractivity contribution in [2.24, 2.45) is 50.2 Å². The van der Waals surface area contributed by atoms with Crippen LogP contribution in [0.25, 0.3) is 0 Å². The minimum absolute atomic E-state index is 0.0379. The Labute approximate surface area is 240 Å². The van der Waals surface area contributed by atoms with E-state index in [0.29, 0.717) is 19.3 Å². The van der Waals surface area contributed by atoms with E-state index in [-0.39, 0.29) is 62.5 Å². The van der Waals surface area contributed by atoms with E-state index in [0.717, 1.165) is 44.6 Å². The van der Waals surface area contributed by atoms with E-state index < -0.39 is 17.4 Å². The first-order valence-corrected chi connectivity index (χ1v) is 15.4. The van der Waals surface area contributed by atoms with E-state index in [2.05, 4.69) is 41.5 Å². The zero-order chi connectivity index (χ0) is 29.7. The summed E-state index contributed by atoms with van der Waals surface area (Å²) in [4.78, 5) is 39.2. The summed E-state index contributed by atoms with van der Waals surface area (Å²) in [7, 11) is 0. The number of allylic oxidation sites excluding steroid dienone is 3. The fraction of sp³-hybridized carbons (Fsp3) is 0.794. The molecule has 0 spiro atoms. The van der Waals surface area contributed by atoms with Crippen LogP contribution in [0.2, 0.25) is 0 Å². The van der Waals surface area contributed by atoms with E-state index in [4.69, 9.17) is 4.74 Å². The predicted octanol–water partition coefficient (Wildman–Crippen LogP) is 7.43. The molecule has 0 aromatic heterocycles. The maximum Gasteiger partial charge on any atom is 0.334 e. The summed E-state index contributed by atoms with van der Waals surface area (Å²) in [5.41, 5.74) is -0.400. The third-order valence-corrected chi connectivity index (χ3v) is 13.6. The lowest BCUT2D eigenvalue weighted by Gasteiger charge is -2.70. The van der Waals surface area contributed by atoms with Crippen LogP contribution in [0.5, 0.6) is 0 Å². The maximum absolute atomic E-state index is 14.4. The summed E-state index contributed by atoms with van der Waals surface area (Å²) >= 11 is 0. The van der Waals surface area contributed by atoms with Crippen molar-refractivity contribution in [1.29, 1.82) is 0 Å². The smallest absolute Gasteiger partial charge is 0.334 e. The Kier molecular flexibility index (Phi) is 6.57. The predicted molar refractivity (Wildman–Crippen MR) is 153 cm³/mol. The van der Waals surface area contributed by atoms with Crippen LogP contribution in [0.4, 0.5) is 0 Å². The number of carbonyl (C=O) groups is 3. The summed E-state index contributed by atoms with van der Waals surface area (Å²) in [6.07, 6.45) is 10.5. The molecule has 6 nitrogen and oxygen atoms in total. The van der Waals surface area contributed by atoms with Crippen LogP contribution < -0.4 is 0 Å². The number of ether oxygens (including phenoxy) is 1. The molecule has 0 aromatic rings. The largest absolute Gasteiger partial charge is 0.512 e. The monoisotopic (exact) mass is 554 g/mol. The van der Waals surface area contributed by atoms with Crippen LogP contribution in [0.15, 0.2) is 23.5 Å². The molecule has 0 bridgehead atoms. The fourth-order valence-electron chi connectivity index (χ4n) is 10.9. The first kappa shape index (κ1) is 29.4. The van der Waals surface area contributed by atoms with Crippen LogP contribution in [-0.4, -0.2) is 34.0 Å². The molecule has 0 radical (unpaired) electrons. The molecule has 0 heterocycles. The van der Waals surface area contributed by atoms with Gasteiger partial charge in [0.2, 0.25) is 0 Å². The highest BCUT2D eigenvalue weighted by atomic mass is 16.5. The average molecular weight is 555 g/mol. The number of aliphatic carboxylic acids is 1. The van der Waals surface area contributed by atoms with Crippen molar-refractivity contribution in [2.45, 2.75) is 119 Å². The highest BCUT2D eigenvalue weighted by molar-refractivity contribution is 5.95. The van der Waals surface area contributed by atoms with Gasteiger partial charge in [-0.2, -0.15) is 0 Å². The minimum Gasteiger partial charge on any atom is -0.512 e. The van der Waals surface area contributed by atoms with E-state index in [9.17, 15) is 24.6 Å². The molecule has 3 unspecified atom stereocenters. The molecule has 9 atom stereocenters. The van der Waals surface area contributed by atoms with Gasteiger partial charge in [0, 0.05) is 11.3 Å². The van der Waals surface area contributed by atoms with Gasteiger partial charge >= 0.3 is 11.9 Å². The molecule has 4 saturated carbocycles. The number of rotatable bonds is 3. The number of hydrogen-bond donors (Lipinski definition) is 2. The maximum atomic E-state index is 14.4. The van der Waals surface area contributed by atoms with Crippen LogP contribution in [0, 0.1) is 50.2 Å². The molecular formula is C34H50O6. The summed E-state index contributed by atoms with van der Waals surface area (Å²) in [5.74, 6) is -0.868. The molecule has 0 aromatic carbocycles. The van der Waals surface area contributed by atoms with Gasteiger partial charge < -0.3 is 14.9 Å².